The molecule has 0 spiro atoms. The molecule has 2 aromatic rings. The Hall–Kier alpha value is -2.48. The van der Waals surface area contributed by atoms with Crippen LogP contribution in [-0.4, -0.2) is 46.2 Å². The molecule has 1 atom stereocenters. The number of rotatable bonds is 4. The maximum atomic E-state index is 13.0. The van der Waals surface area contributed by atoms with E-state index in [1.165, 1.54) is 12.5 Å². The predicted molar refractivity (Wildman–Crippen MR) is 84.2 cm³/mol. The minimum absolute atomic E-state index is 0.0870. The van der Waals surface area contributed by atoms with E-state index in [9.17, 15) is 14.3 Å². The van der Waals surface area contributed by atoms with Crippen molar-refractivity contribution in [3.63, 3.8) is 0 Å². The molecule has 2 aromatic heterocycles. The Kier molecular flexibility index (Phi) is 4.48. The van der Waals surface area contributed by atoms with Crippen molar-refractivity contribution < 1.29 is 18.7 Å². The number of aromatic nitrogens is 2. The van der Waals surface area contributed by atoms with Gasteiger partial charge in [0.25, 0.3) is 5.91 Å². The van der Waals surface area contributed by atoms with Gasteiger partial charge in [0, 0.05) is 19.6 Å². The van der Waals surface area contributed by atoms with Crippen LogP contribution in [-0.2, 0) is 0 Å². The molecule has 128 valence electrons. The topological polar surface area (TPSA) is 91.5 Å². The zero-order valence-electron chi connectivity index (χ0n) is 13.3. The zero-order valence-corrected chi connectivity index (χ0v) is 13.3. The van der Waals surface area contributed by atoms with Gasteiger partial charge in [-0.1, -0.05) is 0 Å². The van der Waals surface area contributed by atoms with E-state index in [1.807, 2.05) is 4.90 Å². The molecule has 0 saturated carbocycles. The van der Waals surface area contributed by atoms with E-state index in [-0.39, 0.29) is 12.3 Å². The summed E-state index contributed by atoms with van der Waals surface area (Å²) in [6.45, 7) is 2.79. The number of nitrogens with zero attached hydrogens (tertiary/aromatic N) is 3. The lowest BCUT2D eigenvalue weighted by Gasteiger charge is -2.39. The van der Waals surface area contributed by atoms with Gasteiger partial charge in [-0.3, -0.25) is 4.79 Å². The standard InChI is InChI=1S/C16H19FN4O3/c1-11-14(24-10-20-11)15(22)19-8-16(23)5-2-6-21(9-16)13-4-3-12(17)7-18-13/h3-4,7,10,23H,2,5-6,8-9H2,1H3,(H,19,22). The molecule has 1 saturated heterocycles. The average Bonchev–Trinajstić information content (AvgIpc) is 3.00. The van der Waals surface area contributed by atoms with Gasteiger partial charge in [0.15, 0.2) is 6.39 Å². The lowest BCUT2D eigenvalue weighted by atomic mass is 9.92. The predicted octanol–water partition coefficient (Wildman–Crippen LogP) is 1.28. The van der Waals surface area contributed by atoms with Gasteiger partial charge in [-0.15, -0.1) is 0 Å². The average molecular weight is 334 g/mol. The number of carbonyl (C=O) groups excluding carboxylic acids is 1. The van der Waals surface area contributed by atoms with Gasteiger partial charge in [0.1, 0.15) is 11.6 Å². The minimum Gasteiger partial charge on any atom is -0.438 e. The molecule has 7 nitrogen and oxygen atoms in total. The van der Waals surface area contributed by atoms with Crippen molar-refractivity contribution in [2.24, 2.45) is 0 Å². The molecule has 3 heterocycles. The maximum absolute atomic E-state index is 13.0. The first kappa shape index (κ1) is 16.4. The van der Waals surface area contributed by atoms with Crippen molar-refractivity contribution in [3.8, 4) is 0 Å². The second-order valence-corrected chi connectivity index (χ2v) is 6.03. The van der Waals surface area contributed by atoms with E-state index in [0.717, 1.165) is 19.2 Å². The molecule has 1 unspecified atom stereocenters. The number of anilines is 1. The first-order valence-electron chi connectivity index (χ1n) is 7.74. The summed E-state index contributed by atoms with van der Waals surface area (Å²) in [6, 6.07) is 2.92. The normalized spacial score (nSPS) is 20.9. The van der Waals surface area contributed by atoms with E-state index >= 15 is 0 Å². The molecule has 2 N–H and O–H groups in total. The van der Waals surface area contributed by atoms with Crippen LogP contribution in [0.15, 0.2) is 29.1 Å². The number of hydrogen-bond donors (Lipinski definition) is 2. The van der Waals surface area contributed by atoms with Gasteiger partial charge >= 0.3 is 0 Å². The van der Waals surface area contributed by atoms with Crippen LogP contribution in [0.25, 0.3) is 0 Å². The number of carbonyl (C=O) groups is 1. The lowest BCUT2D eigenvalue weighted by molar-refractivity contribution is 0.0251. The molecule has 3 rings (SSSR count). The number of piperidine rings is 1. The van der Waals surface area contributed by atoms with Crippen LogP contribution >= 0.6 is 0 Å². The monoisotopic (exact) mass is 334 g/mol. The minimum atomic E-state index is -1.09. The van der Waals surface area contributed by atoms with E-state index in [2.05, 4.69) is 15.3 Å². The largest absolute Gasteiger partial charge is 0.438 e. The van der Waals surface area contributed by atoms with Gasteiger partial charge in [0.2, 0.25) is 5.76 Å². The Labute approximate surface area is 138 Å². The number of nitrogens with one attached hydrogen (secondary N) is 1. The number of hydrogen-bond acceptors (Lipinski definition) is 6. The second-order valence-electron chi connectivity index (χ2n) is 6.03. The highest BCUT2D eigenvalue weighted by Crippen LogP contribution is 2.24. The smallest absolute Gasteiger partial charge is 0.289 e. The van der Waals surface area contributed by atoms with Crippen molar-refractivity contribution in [2.75, 3.05) is 24.5 Å². The van der Waals surface area contributed by atoms with Crippen LogP contribution in [0.1, 0.15) is 29.1 Å². The van der Waals surface area contributed by atoms with Crippen molar-refractivity contribution in [1.29, 1.82) is 0 Å². The second kappa shape index (κ2) is 6.56. The maximum Gasteiger partial charge on any atom is 0.289 e. The fourth-order valence-corrected chi connectivity index (χ4v) is 2.85. The van der Waals surface area contributed by atoms with Crippen molar-refractivity contribution in [1.82, 2.24) is 15.3 Å². The summed E-state index contributed by atoms with van der Waals surface area (Å²) in [7, 11) is 0. The van der Waals surface area contributed by atoms with E-state index in [4.69, 9.17) is 4.42 Å². The molecule has 0 radical (unpaired) electrons. The Morgan fingerprint density at radius 2 is 2.33 bits per heavy atom. The Bertz CT molecular complexity index is 718. The summed E-state index contributed by atoms with van der Waals surface area (Å²) in [5, 5.41) is 13.5. The number of aliphatic hydroxyl groups is 1. The van der Waals surface area contributed by atoms with Crippen LogP contribution in [0.2, 0.25) is 0 Å². The Balaban J connectivity index is 1.63. The molecule has 0 aliphatic carbocycles. The fraction of sp³-hybridized carbons (Fsp3) is 0.438. The van der Waals surface area contributed by atoms with Gasteiger partial charge in [-0.2, -0.15) is 0 Å². The van der Waals surface area contributed by atoms with Gasteiger partial charge < -0.3 is 19.7 Å². The summed E-state index contributed by atoms with van der Waals surface area (Å²) >= 11 is 0. The van der Waals surface area contributed by atoms with E-state index in [1.54, 1.807) is 13.0 Å². The summed E-state index contributed by atoms with van der Waals surface area (Å²) in [5.41, 5.74) is -0.585. The molecule has 1 amide bonds. The van der Waals surface area contributed by atoms with Crippen LogP contribution in [0.3, 0.4) is 0 Å². The fourth-order valence-electron chi connectivity index (χ4n) is 2.85. The van der Waals surface area contributed by atoms with Gasteiger partial charge in [0.05, 0.1) is 17.5 Å². The number of amides is 1. The number of halogens is 1. The molecule has 0 bridgehead atoms. The third-order valence-electron chi connectivity index (χ3n) is 4.12. The highest BCUT2D eigenvalue weighted by Gasteiger charge is 2.34. The number of pyridine rings is 1. The molecule has 8 heteroatoms. The molecular weight excluding hydrogens is 315 g/mol. The summed E-state index contributed by atoms with van der Waals surface area (Å²) in [4.78, 5) is 21.9. The zero-order chi connectivity index (χ0) is 17.2. The van der Waals surface area contributed by atoms with Crippen LogP contribution < -0.4 is 10.2 Å². The number of oxazole rings is 1. The van der Waals surface area contributed by atoms with Gasteiger partial charge in [-0.05, 0) is 31.9 Å². The Morgan fingerprint density at radius 3 is 3.00 bits per heavy atom. The molecule has 1 aliphatic heterocycles. The molecule has 0 aromatic carbocycles. The van der Waals surface area contributed by atoms with E-state index < -0.39 is 17.3 Å². The molecule has 1 fully saturated rings. The number of β-amino-alcohol motifs (C(OH)–C–C–N with tert-alkyl or cyclic N) is 1. The lowest BCUT2D eigenvalue weighted by Crippen LogP contribution is -2.54. The summed E-state index contributed by atoms with van der Waals surface area (Å²) in [5.74, 6) is -0.0606. The number of aryl methyl sites for hydroxylation is 1. The highest BCUT2D eigenvalue weighted by atomic mass is 19.1. The molecule has 24 heavy (non-hydrogen) atoms. The molecular formula is C16H19FN4O3. The third kappa shape index (κ3) is 3.53. The SMILES string of the molecule is Cc1ncoc1C(=O)NCC1(O)CCCN(c2ccc(F)cn2)C1. The first-order chi connectivity index (χ1) is 11.5. The van der Waals surface area contributed by atoms with Crippen LogP contribution in [0.4, 0.5) is 10.2 Å². The van der Waals surface area contributed by atoms with Crippen molar-refractivity contribution in [2.45, 2.75) is 25.4 Å². The first-order valence-corrected chi connectivity index (χ1v) is 7.74. The highest BCUT2D eigenvalue weighted by molar-refractivity contribution is 5.92. The Morgan fingerprint density at radius 1 is 1.50 bits per heavy atom. The quantitative estimate of drug-likeness (QED) is 0.875. The van der Waals surface area contributed by atoms with Crippen molar-refractivity contribution >= 4 is 11.7 Å². The molecule has 1 aliphatic rings. The summed E-state index contributed by atoms with van der Waals surface area (Å²) < 4.78 is 18.0. The third-order valence-corrected chi connectivity index (χ3v) is 4.12. The van der Waals surface area contributed by atoms with Crippen molar-refractivity contribution in [3.05, 3.63) is 42.0 Å². The van der Waals surface area contributed by atoms with Crippen LogP contribution in [0, 0.1) is 12.7 Å². The van der Waals surface area contributed by atoms with Crippen LogP contribution in [0.5, 0.6) is 0 Å². The summed E-state index contributed by atoms with van der Waals surface area (Å²) in [6.07, 6.45) is 3.66. The van der Waals surface area contributed by atoms with E-state index in [0.29, 0.717) is 24.5 Å². The van der Waals surface area contributed by atoms with Gasteiger partial charge in [-0.25, -0.2) is 14.4 Å².